The molecule has 8 nitrogen and oxygen atoms in total. The van der Waals surface area contributed by atoms with Crippen molar-refractivity contribution >= 4 is 41.2 Å². The molecule has 1 saturated heterocycles. The van der Waals surface area contributed by atoms with Gasteiger partial charge >= 0.3 is 6.03 Å². The van der Waals surface area contributed by atoms with E-state index in [0.717, 1.165) is 32.8 Å². The number of imide groups is 2. The number of hydrogen-bond donors (Lipinski definition) is 2. The molecule has 0 bridgehead atoms. The minimum atomic E-state index is -0.793. The van der Waals surface area contributed by atoms with Gasteiger partial charge in [-0.2, -0.15) is 0 Å². The zero-order valence-electron chi connectivity index (χ0n) is 21.0. The highest BCUT2D eigenvalue weighted by atomic mass is 16.5. The lowest BCUT2D eigenvalue weighted by Crippen LogP contribution is -2.54. The van der Waals surface area contributed by atoms with Crippen LogP contribution in [-0.4, -0.2) is 30.4 Å². The van der Waals surface area contributed by atoms with Crippen molar-refractivity contribution < 1.29 is 23.9 Å². The van der Waals surface area contributed by atoms with E-state index in [1.807, 2.05) is 52.0 Å². The molecule has 3 aromatic rings. The fourth-order valence-electron chi connectivity index (χ4n) is 3.79. The van der Waals surface area contributed by atoms with Gasteiger partial charge in [0.15, 0.2) is 6.61 Å². The Bertz CT molecular complexity index is 1440. The number of urea groups is 1. The fourth-order valence-corrected chi connectivity index (χ4v) is 3.79. The van der Waals surface area contributed by atoms with Gasteiger partial charge in [0.1, 0.15) is 11.3 Å². The Balaban J connectivity index is 1.44. The monoisotopic (exact) mass is 497 g/mol. The van der Waals surface area contributed by atoms with Crippen LogP contribution in [0.5, 0.6) is 5.75 Å². The van der Waals surface area contributed by atoms with Crippen LogP contribution in [0, 0.1) is 27.7 Å². The second-order valence-electron chi connectivity index (χ2n) is 8.95. The molecule has 0 aromatic heterocycles. The first-order chi connectivity index (χ1) is 17.6. The fraction of sp³-hybridized carbons (Fsp3) is 0.172. The summed E-state index contributed by atoms with van der Waals surface area (Å²) in [5, 5.41) is 5.06. The number of nitrogens with one attached hydrogen (secondary N) is 2. The molecule has 0 saturated carbocycles. The predicted octanol–water partition coefficient (Wildman–Crippen LogP) is 4.60. The average Bonchev–Trinajstić information content (AvgIpc) is 2.85. The number of ether oxygens (including phenoxy) is 1. The molecular formula is C29H27N3O5. The summed E-state index contributed by atoms with van der Waals surface area (Å²) in [6, 6.07) is 16.8. The number of hydrogen-bond acceptors (Lipinski definition) is 5. The second kappa shape index (κ2) is 10.5. The van der Waals surface area contributed by atoms with Crippen LogP contribution in [0.1, 0.15) is 27.8 Å². The molecule has 1 fully saturated rings. The van der Waals surface area contributed by atoms with Crippen LogP contribution in [0.25, 0.3) is 6.08 Å². The second-order valence-corrected chi connectivity index (χ2v) is 8.95. The quantitative estimate of drug-likeness (QED) is 0.382. The van der Waals surface area contributed by atoms with Gasteiger partial charge in [-0.1, -0.05) is 30.3 Å². The lowest BCUT2D eigenvalue weighted by atomic mass is 10.1. The Morgan fingerprint density at radius 2 is 1.59 bits per heavy atom. The summed E-state index contributed by atoms with van der Waals surface area (Å²) in [4.78, 5) is 51.2. The van der Waals surface area contributed by atoms with Crippen molar-refractivity contribution in [1.29, 1.82) is 0 Å². The van der Waals surface area contributed by atoms with Gasteiger partial charge in [0.25, 0.3) is 17.7 Å². The summed E-state index contributed by atoms with van der Waals surface area (Å²) in [6.07, 6.45) is 1.41. The Hall–Kier alpha value is -4.72. The van der Waals surface area contributed by atoms with Gasteiger partial charge in [0.2, 0.25) is 0 Å². The van der Waals surface area contributed by atoms with Crippen LogP contribution in [-0.2, 0) is 14.4 Å². The molecular weight excluding hydrogens is 470 g/mol. The van der Waals surface area contributed by atoms with E-state index in [2.05, 4.69) is 10.6 Å². The molecule has 1 aliphatic heterocycles. The first-order valence-corrected chi connectivity index (χ1v) is 11.7. The summed E-state index contributed by atoms with van der Waals surface area (Å²) in [6.45, 7) is 7.49. The van der Waals surface area contributed by atoms with Crippen molar-refractivity contribution in [2.75, 3.05) is 16.8 Å². The van der Waals surface area contributed by atoms with Crippen LogP contribution in [0.4, 0.5) is 16.2 Å². The normalized spacial score (nSPS) is 14.5. The van der Waals surface area contributed by atoms with Crippen LogP contribution in [0.2, 0.25) is 0 Å². The standard InChI is InChI=1S/C29H27N3O5/c1-17-5-6-19(3)25(13-17)30-26(33)16-37-23-11-8-21(9-12-23)15-24-27(34)31-29(36)32(28(24)35)22-10-7-18(2)20(4)14-22/h5-15H,16H2,1-4H3,(H,30,33)(H,31,34,36)/b24-15-. The molecule has 4 rings (SSSR count). The third-order valence-electron chi connectivity index (χ3n) is 6.08. The molecule has 1 heterocycles. The summed E-state index contributed by atoms with van der Waals surface area (Å²) in [7, 11) is 0. The highest BCUT2D eigenvalue weighted by Crippen LogP contribution is 2.25. The lowest BCUT2D eigenvalue weighted by Gasteiger charge is -2.26. The lowest BCUT2D eigenvalue weighted by molar-refractivity contribution is -0.122. The molecule has 188 valence electrons. The Labute approximate surface area is 214 Å². The van der Waals surface area contributed by atoms with Crippen LogP contribution >= 0.6 is 0 Å². The number of carbonyl (C=O) groups excluding carboxylic acids is 4. The number of rotatable bonds is 6. The molecule has 1 aliphatic rings. The molecule has 8 heteroatoms. The third kappa shape index (κ3) is 5.75. The SMILES string of the molecule is Cc1ccc(C)c(NC(=O)COc2ccc(/C=C3/C(=O)NC(=O)N(c4ccc(C)c(C)c4)C3=O)cc2)c1. The van der Waals surface area contributed by atoms with Gasteiger partial charge in [-0.05, 0) is 91.9 Å². The van der Waals surface area contributed by atoms with Crippen LogP contribution in [0.3, 0.4) is 0 Å². The maximum atomic E-state index is 13.1. The molecule has 0 unspecified atom stereocenters. The number of benzene rings is 3. The maximum absolute atomic E-state index is 13.1. The van der Waals surface area contributed by atoms with Crippen molar-refractivity contribution in [3.8, 4) is 5.75 Å². The molecule has 0 atom stereocenters. The zero-order valence-corrected chi connectivity index (χ0v) is 21.0. The average molecular weight is 498 g/mol. The molecule has 0 radical (unpaired) electrons. The third-order valence-corrected chi connectivity index (χ3v) is 6.08. The van der Waals surface area contributed by atoms with E-state index in [4.69, 9.17) is 4.74 Å². The highest BCUT2D eigenvalue weighted by Gasteiger charge is 2.36. The van der Waals surface area contributed by atoms with Crippen molar-refractivity contribution in [3.63, 3.8) is 0 Å². The van der Waals surface area contributed by atoms with Gasteiger partial charge in [0.05, 0.1) is 5.69 Å². The van der Waals surface area contributed by atoms with Crippen LogP contribution < -0.4 is 20.3 Å². The first kappa shape index (κ1) is 25.4. The van der Waals surface area contributed by atoms with Gasteiger partial charge in [-0.15, -0.1) is 0 Å². The van der Waals surface area contributed by atoms with E-state index in [-0.39, 0.29) is 18.1 Å². The largest absolute Gasteiger partial charge is 0.484 e. The van der Waals surface area contributed by atoms with E-state index < -0.39 is 17.8 Å². The van der Waals surface area contributed by atoms with Gasteiger partial charge in [-0.25, -0.2) is 9.69 Å². The zero-order chi connectivity index (χ0) is 26.7. The number of barbiturate groups is 1. The number of amides is 5. The van der Waals surface area contributed by atoms with Gasteiger partial charge in [-0.3, -0.25) is 19.7 Å². The minimum Gasteiger partial charge on any atom is -0.484 e. The Morgan fingerprint density at radius 3 is 2.30 bits per heavy atom. The number of carbonyl (C=O) groups is 4. The van der Waals surface area contributed by atoms with E-state index in [1.165, 1.54) is 6.08 Å². The first-order valence-electron chi connectivity index (χ1n) is 11.7. The van der Waals surface area contributed by atoms with Gasteiger partial charge in [0, 0.05) is 5.69 Å². The van der Waals surface area contributed by atoms with E-state index in [9.17, 15) is 19.2 Å². The van der Waals surface area contributed by atoms with E-state index in [0.29, 0.717) is 17.0 Å². The molecule has 0 spiro atoms. The summed E-state index contributed by atoms with van der Waals surface area (Å²) in [5.74, 6) is -1.32. The minimum absolute atomic E-state index is 0.167. The van der Waals surface area contributed by atoms with Crippen molar-refractivity contribution in [1.82, 2.24) is 5.32 Å². The number of aryl methyl sites for hydroxylation is 4. The predicted molar refractivity (Wildman–Crippen MR) is 141 cm³/mol. The number of anilines is 2. The number of nitrogens with zero attached hydrogens (tertiary/aromatic N) is 1. The van der Waals surface area contributed by atoms with E-state index in [1.54, 1.807) is 36.4 Å². The topological polar surface area (TPSA) is 105 Å². The van der Waals surface area contributed by atoms with Crippen molar-refractivity contribution in [2.24, 2.45) is 0 Å². The highest BCUT2D eigenvalue weighted by molar-refractivity contribution is 6.39. The van der Waals surface area contributed by atoms with Gasteiger partial charge < -0.3 is 10.1 Å². The molecule has 3 aromatic carbocycles. The van der Waals surface area contributed by atoms with Crippen molar-refractivity contribution in [2.45, 2.75) is 27.7 Å². The molecule has 0 aliphatic carbocycles. The summed E-state index contributed by atoms with van der Waals surface area (Å²) in [5.41, 5.74) is 5.43. The Morgan fingerprint density at radius 1 is 0.892 bits per heavy atom. The molecule has 37 heavy (non-hydrogen) atoms. The van der Waals surface area contributed by atoms with Crippen molar-refractivity contribution in [3.05, 3.63) is 94.1 Å². The summed E-state index contributed by atoms with van der Waals surface area (Å²) < 4.78 is 5.58. The molecule has 5 amide bonds. The Kier molecular flexibility index (Phi) is 7.20. The van der Waals surface area contributed by atoms with Crippen LogP contribution in [0.15, 0.2) is 66.2 Å². The van der Waals surface area contributed by atoms with E-state index >= 15 is 0 Å². The summed E-state index contributed by atoms with van der Waals surface area (Å²) >= 11 is 0. The molecule has 2 N–H and O–H groups in total. The smallest absolute Gasteiger partial charge is 0.335 e. The maximum Gasteiger partial charge on any atom is 0.335 e.